The summed E-state index contributed by atoms with van der Waals surface area (Å²) in [6.45, 7) is 2.84. The van der Waals surface area contributed by atoms with Crippen LogP contribution in [0.2, 0.25) is 0 Å². The van der Waals surface area contributed by atoms with Crippen molar-refractivity contribution in [2.75, 3.05) is 13.1 Å². The summed E-state index contributed by atoms with van der Waals surface area (Å²) in [7, 11) is 0. The molecule has 1 N–H and O–H groups in total. The van der Waals surface area contributed by atoms with Gasteiger partial charge in [0.15, 0.2) is 0 Å². The fraction of sp³-hybridized carbons (Fsp3) is 0.538. The molecule has 3 rings (SSSR count). The molecule has 1 saturated heterocycles. The first-order valence-electron chi connectivity index (χ1n) is 6.03. The fourth-order valence-corrected chi connectivity index (χ4v) is 2.50. The van der Waals surface area contributed by atoms with Gasteiger partial charge in [0.05, 0.1) is 13.1 Å². The Morgan fingerprint density at radius 2 is 2.24 bits per heavy atom. The first-order valence-corrected chi connectivity index (χ1v) is 6.03. The molecule has 2 heterocycles. The molecule has 2 aliphatic rings. The van der Waals surface area contributed by atoms with Gasteiger partial charge in [-0.1, -0.05) is 0 Å². The number of carbonyl (C=O) groups is 1. The summed E-state index contributed by atoms with van der Waals surface area (Å²) < 4.78 is 0. The van der Waals surface area contributed by atoms with Gasteiger partial charge in [0.2, 0.25) is 0 Å². The number of amides is 1. The van der Waals surface area contributed by atoms with E-state index in [-0.39, 0.29) is 5.91 Å². The van der Waals surface area contributed by atoms with E-state index < -0.39 is 5.60 Å². The minimum absolute atomic E-state index is 0.000764. The molecule has 0 spiro atoms. The Kier molecular flexibility index (Phi) is 2.23. The van der Waals surface area contributed by atoms with Crippen molar-refractivity contribution in [3.05, 3.63) is 29.6 Å². The zero-order valence-electron chi connectivity index (χ0n) is 9.89. The molecular weight excluding hydrogens is 216 g/mol. The zero-order valence-corrected chi connectivity index (χ0v) is 9.89. The first-order chi connectivity index (χ1) is 8.08. The normalized spacial score (nSPS) is 22.1. The second-order valence-corrected chi connectivity index (χ2v) is 5.22. The Morgan fingerprint density at radius 1 is 1.53 bits per heavy atom. The molecular formula is C13H16N2O2. The summed E-state index contributed by atoms with van der Waals surface area (Å²) in [4.78, 5) is 17.9. The van der Waals surface area contributed by atoms with Crippen LogP contribution in [0.1, 0.15) is 28.9 Å². The van der Waals surface area contributed by atoms with Gasteiger partial charge in [-0.3, -0.25) is 9.78 Å². The third kappa shape index (κ3) is 1.82. The molecule has 0 unspecified atom stereocenters. The van der Waals surface area contributed by atoms with E-state index in [9.17, 15) is 9.90 Å². The van der Waals surface area contributed by atoms with Crippen molar-refractivity contribution in [1.82, 2.24) is 9.88 Å². The number of pyridine rings is 1. The Morgan fingerprint density at radius 3 is 2.82 bits per heavy atom. The average molecular weight is 232 g/mol. The van der Waals surface area contributed by atoms with Crippen LogP contribution in [-0.4, -0.2) is 39.6 Å². The molecule has 17 heavy (non-hydrogen) atoms. The summed E-state index contributed by atoms with van der Waals surface area (Å²) in [5, 5.41) is 10.2. The molecule has 4 nitrogen and oxygen atoms in total. The Balaban J connectivity index is 1.69. The number of likely N-dealkylation sites (tertiary alicyclic amines) is 1. The number of β-amino-alcohol motifs (C(OH)–C–C–N with tert-alkyl or cyclic N) is 1. The number of aryl methyl sites for hydroxylation is 1. The minimum Gasteiger partial charge on any atom is -0.386 e. The Bertz CT molecular complexity index is 462. The summed E-state index contributed by atoms with van der Waals surface area (Å²) in [6, 6.07) is 3.51. The number of hydrogen-bond acceptors (Lipinski definition) is 3. The second-order valence-electron chi connectivity index (χ2n) is 5.22. The smallest absolute Gasteiger partial charge is 0.254 e. The second kappa shape index (κ2) is 3.53. The van der Waals surface area contributed by atoms with Crippen molar-refractivity contribution >= 4 is 5.91 Å². The molecule has 0 atom stereocenters. The third-order valence-corrected chi connectivity index (χ3v) is 3.70. The lowest BCUT2D eigenvalue weighted by Gasteiger charge is -2.47. The predicted octanol–water partition coefficient (Wildman–Crippen LogP) is 0.987. The van der Waals surface area contributed by atoms with E-state index in [1.54, 1.807) is 23.2 Å². The number of rotatable bonds is 2. The van der Waals surface area contributed by atoms with Crippen LogP contribution in [0, 0.1) is 12.8 Å². The van der Waals surface area contributed by atoms with Crippen LogP contribution >= 0.6 is 0 Å². The molecule has 2 fully saturated rings. The van der Waals surface area contributed by atoms with Crippen LogP contribution in [0.3, 0.4) is 0 Å². The number of aromatic nitrogens is 1. The standard InChI is InChI=1S/C13H16N2O2/c1-9-6-10(4-5-14-9)12(16)15-7-13(17,8-15)11-2-3-11/h4-6,11,17H,2-3,7-8H2,1H3. The SMILES string of the molecule is Cc1cc(C(=O)N2CC(O)(C3CC3)C2)ccn1. The topological polar surface area (TPSA) is 53.4 Å². The maximum Gasteiger partial charge on any atom is 0.254 e. The average Bonchev–Trinajstić information content (AvgIpc) is 3.08. The largest absolute Gasteiger partial charge is 0.386 e. The summed E-state index contributed by atoms with van der Waals surface area (Å²) >= 11 is 0. The molecule has 0 radical (unpaired) electrons. The van der Waals surface area contributed by atoms with Crippen LogP contribution in [0.25, 0.3) is 0 Å². The maximum atomic E-state index is 12.1. The predicted molar refractivity (Wildman–Crippen MR) is 62.6 cm³/mol. The highest BCUT2D eigenvalue weighted by Crippen LogP contribution is 2.44. The molecule has 0 aromatic carbocycles. The molecule has 1 aromatic rings. The molecule has 4 heteroatoms. The van der Waals surface area contributed by atoms with Crippen LogP contribution in [0.5, 0.6) is 0 Å². The van der Waals surface area contributed by atoms with Crippen molar-refractivity contribution in [2.45, 2.75) is 25.4 Å². The molecule has 1 amide bonds. The Labute approximate surface area is 100 Å². The molecule has 1 aliphatic heterocycles. The van der Waals surface area contributed by atoms with Gasteiger partial charge in [0.1, 0.15) is 5.60 Å². The number of carbonyl (C=O) groups excluding carboxylic acids is 1. The van der Waals surface area contributed by atoms with E-state index in [2.05, 4.69) is 4.98 Å². The zero-order chi connectivity index (χ0) is 12.0. The summed E-state index contributed by atoms with van der Waals surface area (Å²) in [6.07, 6.45) is 3.86. The van der Waals surface area contributed by atoms with Crippen molar-refractivity contribution < 1.29 is 9.90 Å². The van der Waals surface area contributed by atoms with Gasteiger partial charge in [0, 0.05) is 17.5 Å². The molecule has 1 saturated carbocycles. The van der Waals surface area contributed by atoms with Crippen molar-refractivity contribution in [1.29, 1.82) is 0 Å². The number of aliphatic hydroxyl groups is 1. The Hall–Kier alpha value is -1.42. The first kappa shape index (κ1) is 10.7. The number of hydrogen-bond donors (Lipinski definition) is 1. The third-order valence-electron chi connectivity index (χ3n) is 3.70. The van der Waals surface area contributed by atoms with Gasteiger partial charge in [0.25, 0.3) is 5.91 Å². The van der Waals surface area contributed by atoms with Crippen LogP contribution in [0.15, 0.2) is 18.3 Å². The number of nitrogens with zero attached hydrogens (tertiary/aromatic N) is 2. The lowest BCUT2D eigenvalue weighted by Crippen LogP contribution is -2.64. The van der Waals surface area contributed by atoms with E-state index in [0.717, 1.165) is 18.5 Å². The van der Waals surface area contributed by atoms with Crippen molar-refractivity contribution in [3.63, 3.8) is 0 Å². The van der Waals surface area contributed by atoms with E-state index >= 15 is 0 Å². The van der Waals surface area contributed by atoms with Gasteiger partial charge in [-0.25, -0.2) is 0 Å². The lowest BCUT2D eigenvalue weighted by molar-refractivity contribution is -0.0958. The van der Waals surface area contributed by atoms with Gasteiger partial charge in [-0.05, 0) is 37.8 Å². The monoisotopic (exact) mass is 232 g/mol. The summed E-state index contributed by atoms with van der Waals surface area (Å²) in [5.41, 5.74) is 0.904. The van der Waals surface area contributed by atoms with Gasteiger partial charge in [-0.2, -0.15) is 0 Å². The van der Waals surface area contributed by atoms with Crippen molar-refractivity contribution in [2.24, 2.45) is 5.92 Å². The van der Waals surface area contributed by atoms with Crippen LogP contribution in [-0.2, 0) is 0 Å². The van der Waals surface area contributed by atoms with Crippen LogP contribution in [0.4, 0.5) is 0 Å². The van der Waals surface area contributed by atoms with Crippen molar-refractivity contribution in [3.8, 4) is 0 Å². The highest BCUT2D eigenvalue weighted by Gasteiger charge is 2.53. The maximum absolute atomic E-state index is 12.1. The molecule has 0 bridgehead atoms. The van der Waals surface area contributed by atoms with E-state index in [0.29, 0.717) is 24.6 Å². The molecule has 90 valence electrons. The lowest BCUT2D eigenvalue weighted by atomic mass is 9.88. The van der Waals surface area contributed by atoms with Gasteiger partial charge >= 0.3 is 0 Å². The van der Waals surface area contributed by atoms with E-state index in [1.807, 2.05) is 6.92 Å². The summed E-state index contributed by atoms with van der Waals surface area (Å²) in [5.74, 6) is 0.423. The van der Waals surface area contributed by atoms with Gasteiger partial charge < -0.3 is 10.0 Å². The quantitative estimate of drug-likeness (QED) is 0.827. The van der Waals surface area contributed by atoms with E-state index in [4.69, 9.17) is 0 Å². The minimum atomic E-state index is -0.599. The molecule has 1 aromatic heterocycles. The molecule has 1 aliphatic carbocycles. The highest BCUT2D eigenvalue weighted by molar-refractivity contribution is 5.95. The van der Waals surface area contributed by atoms with Crippen LogP contribution < -0.4 is 0 Å². The van der Waals surface area contributed by atoms with Gasteiger partial charge in [-0.15, -0.1) is 0 Å². The van der Waals surface area contributed by atoms with E-state index in [1.165, 1.54) is 0 Å². The fourth-order valence-electron chi connectivity index (χ4n) is 2.50. The highest BCUT2D eigenvalue weighted by atomic mass is 16.3.